The van der Waals surface area contributed by atoms with Crippen LogP contribution >= 0.6 is 35.0 Å². The first-order valence-corrected chi connectivity index (χ1v) is 9.94. The van der Waals surface area contributed by atoms with Gasteiger partial charge in [0.15, 0.2) is 5.17 Å². The molecule has 8 heteroatoms. The van der Waals surface area contributed by atoms with Crippen LogP contribution in [-0.2, 0) is 14.3 Å². The quantitative estimate of drug-likeness (QED) is 0.548. The van der Waals surface area contributed by atoms with Gasteiger partial charge < -0.3 is 9.64 Å². The third kappa shape index (κ3) is 4.42. The summed E-state index contributed by atoms with van der Waals surface area (Å²) in [5, 5.41) is 1.71. The fourth-order valence-electron chi connectivity index (χ4n) is 2.86. The van der Waals surface area contributed by atoms with E-state index in [1.807, 2.05) is 11.8 Å². The van der Waals surface area contributed by atoms with Crippen LogP contribution in [0.25, 0.3) is 6.08 Å². The molecule has 0 radical (unpaired) electrons. The van der Waals surface area contributed by atoms with Crippen LogP contribution in [0, 0.1) is 5.92 Å². The van der Waals surface area contributed by atoms with Gasteiger partial charge in [0.05, 0.1) is 17.4 Å². The van der Waals surface area contributed by atoms with Crippen molar-refractivity contribution in [3.63, 3.8) is 0 Å². The van der Waals surface area contributed by atoms with E-state index in [4.69, 9.17) is 27.9 Å². The molecule has 3 rings (SSSR count). The van der Waals surface area contributed by atoms with Gasteiger partial charge in [-0.3, -0.25) is 9.59 Å². The second kappa shape index (κ2) is 8.46. The Hall–Kier alpha value is -1.50. The van der Waals surface area contributed by atoms with Crippen molar-refractivity contribution >= 4 is 58.1 Å². The van der Waals surface area contributed by atoms with Crippen LogP contribution in [0.4, 0.5) is 0 Å². The molecule has 2 aliphatic rings. The zero-order valence-corrected chi connectivity index (χ0v) is 16.5. The molecule has 2 aliphatic heterocycles. The van der Waals surface area contributed by atoms with E-state index >= 15 is 0 Å². The average molecular weight is 413 g/mol. The monoisotopic (exact) mass is 412 g/mol. The number of carbonyl (C=O) groups excluding carboxylic acids is 2. The van der Waals surface area contributed by atoms with Crippen molar-refractivity contribution in [3.8, 4) is 0 Å². The summed E-state index contributed by atoms with van der Waals surface area (Å²) in [6.07, 6.45) is 3.14. The first-order chi connectivity index (χ1) is 12.5. The van der Waals surface area contributed by atoms with Crippen LogP contribution in [0.3, 0.4) is 0 Å². The van der Waals surface area contributed by atoms with E-state index in [1.54, 1.807) is 24.3 Å². The lowest BCUT2D eigenvalue weighted by Gasteiger charge is -2.31. The molecule has 1 aromatic rings. The van der Waals surface area contributed by atoms with Crippen LogP contribution in [0.5, 0.6) is 0 Å². The van der Waals surface area contributed by atoms with Gasteiger partial charge in [0.25, 0.3) is 5.91 Å². The molecule has 2 heterocycles. The minimum absolute atomic E-state index is 0.0724. The summed E-state index contributed by atoms with van der Waals surface area (Å²) in [6.45, 7) is 3.57. The molecule has 1 saturated heterocycles. The molecule has 1 amide bonds. The summed E-state index contributed by atoms with van der Waals surface area (Å²) >= 11 is 13.4. The number of amides is 1. The SMILES string of the molecule is CCOC(=O)C1CCN(C2=NC(=O)/C(=C\c3ccc(Cl)cc3Cl)S2)CC1. The average Bonchev–Trinajstić information content (AvgIpc) is 2.98. The van der Waals surface area contributed by atoms with Crippen molar-refractivity contribution in [2.24, 2.45) is 10.9 Å². The van der Waals surface area contributed by atoms with E-state index in [0.29, 0.717) is 52.7 Å². The van der Waals surface area contributed by atoms with Crippen molar-refractivity contribution in [3.05, 3.63) is 38.7 Å². The summed E-state index contributed by atoms with van der Waals surface area (Å²) < 4.78 is 5.08. The molecule has 0 N–H and O–H groups in total. The molecule has 26 heavy (non-hydrogen) atoms. The second-order valence-corrected chi connectivity index (χ2v) is 7.84. The number of thioether (sulfide) groups is 1. The van der Waals surface area contributed by atoms with Gasteiger partial charge in [0, 0.05) is 23.1 Å². The Morgan fingerprint density at radius 1 is 1.38 bits per heavy atom. The Kier molecular flexibility index (Phi) is 6.27. The third-order valence-corrected chi connectivity index (χ3v) is 5.85. The number of rotatable bonds is 3. The number of carbonyl (C=O) groups is 2. The Morgan fingerprint density at radius 2 is 2.12 bits per heavy atom. The molecule has 1 aromatic carbocycles. The van der Waals surface area contributed by atoms with E-state index in [9.17, 15) is 9.59 Å². The van der Waals surface area contributed by atoms with Gasteiger partial charge in [0.2, 0.25) is 0 Å². The Morgan fingerprint density at radius 3 is 2.77 bits per heavy atom. The molecule has 0 saturated carbocycles. The fourth-order valence-corrected chi connectivity index (χ4v) is 4.28. The van der Waals surface area contributed by atoms with Gasteiger partial charge in [-0.05, 0) is 55.3 Å². The van der Waals surface area contributed by atoms with E-state index in [-0.39, 0.29) is 17.8 Å². The second-order valence-electron chi connectivity index (χ2n) is 5.99. The molecule has 0 aliphatic carbocycles. The van der Waals surface area contributed by atoms with Gasteiger partial charge in [-0.1, -0.05) is 29.3 Å². The summed E-state index contributed by atoms with van der Waals surface area (Å²) in [7, 11) is 0. The van der Waals surface area contributed by atoms with E-state index in [1.165, 1.54) is 11.8 Å². The first kappa shape index (κ1) is 19.3. The number of esters is 1. The predicted octanol–water partition coefficient (Wildman–Crippen LogP) is 4.24. The summed E-state index contributed by atoms with van der Waals surface area (Å²) in [5.41, 5.74) is 0.726. The lowest BCUT2D eigenvalue weighted by Crippen LogP contribution is -2.39. The standard InChI is InChI=1S/C18H18Cl2N2O3S/c1-2-25-17(24)11-5-7-22(8-6-11)18-21-16(23)15(26-18)9-12-3-4-13(19)10-14(12)20/h3-4,9-11H,2,5-8H2,1H3/b15-9+. The maximum absolute atomic E-state index is 12.2. The maximum atomic E-state index is 12.2. The molecule has 5 nitrogen and oxygen atoms in total. The van der Waals surface area contributed by atoms with Crippen LogP contribution < -0.4 is 0 Å². The van der Waals surface area contributed by atoms with Crippen molar-refractivity contribution in [2.45, 2.75) is 19.8 Å². The summed E-state index contributed by atoms with van der Waals surface area (Å²) in [4.78, 5) is 30.8. The molecule has 1 fully saturated rings. The molecule has 0 aromatic heterocycles. The van der Waals surface area contributed by atoms with Crippen LogP contribution in [0.15, 0.2) is 28.1 Å². The minimum Gasteiger partial charge on any atom is -0.466 e. The van der Waals surface area contributed by atoms with Gasteiger partial charge in [-0.15, -0.1) is 0 Å². The smallest absolute Gasteiger partial charge is 0.309 e. The number of hydrogen-bond donors (Lipinski definition) is 0. The normalized spacial score (nSPS) is 19.8. The number of halogens is 2. The lowest BCUT2D eigenvalue weighted by molar-refractivity contribution is -0.149. The van der Waals surface area contributed by atoms with Crippen LogP contribution in [-0.4, -0.2) is 41.6 Å². The van der Waals surface area contributed by atoms with Crippen molar-refractivity contribution in [2.75, 3.05) is 19.7 Å². The summed E-state index contributed by atoms with van der Waals surface area (Å²) in [6, 6.07) is 5.14. The highest BCUT2D eigenvalue weighted by molar-refractivity contribution is 8.18. The van der Waals surface area contributed by atoms with Crippen molar-refractivity contribution in [1.29, 1.82) is 0 Å². The minimum atomic E-state index is -0.275. The first-order valence-electron chi connectivity index (χ1n) is 8.37. The highest BCUT2D eigenvalue weighted by Gasteiger charge is 2.31. The highest BCUT2D eigenvalue weighted by atomic mass is 35.5. The predicted molar refractivity (Wildman–Crippen MR) is 105 cm³/mol. The van der Waals surface area contributed by atoms with E-state index < -0.39 is 0 Å². The maximum Gasteiger partial charge on any atom is 0.309 e. The fraction of sp³-hybridized carbons (Fsp3) is 0.389. The Balaban J connectivity index is 1.64. The number of benzene rings is 1. The molecule has 0 atom stereocenters. The largest absolute Gasteiger partial charge is 0.466 e. The number of ether oxygens (including phenoxy) is 1. The number of nitrogens with zero attached hydrogens (tertiary/aromatic N) is 2. The number of aliphatic imine (C=N–C) groups is 1. The molecule has 0 spiro atoms. The lowest BCUT2D eigenvalue weighted by atomic mass is 9.97. The molecule has 0 bridgehead atoms. The Bertz CT molecular complexity index is 787. The van der Waals surface area contributed by atoms with Crippen LogP contribution in [0.1, 0.15) is 25.3 Å². The number of piperidine rings is 1. The zero-order valence-electron chi connectivity index (χ0n) is 14.2. The number of likely N-dealkylation sites (tertiary alicyclic amines) is 1. The third-order valence-electron chi connectivity index (χ3n) is 4.24. The van der Waals surface area contributed by atoms with Crippen molar-refractivity contribution < 1.29 is 14.3 Å². The van der Waals surface area contributed by atoms with Gasteiger partial charge in [-0.2, -0.15) is 4.99 Å². The van der Waals surface area contributed by atoms with Gasteiger partial charge >= 0.3 is 5.97 Å². The van der Waals surface area contributed by atoms with E-state index in [2.05, 4.69) is 4.99 Å². The topological polar surface area (TPSA) is 59.0 Å². The number of amidine groups is 1. The molecular formula is C18H18Cl2N2O3S. The van der Waals surface area contributed by atoms with Gasteiger partial charge in [-0.25, -0.2) is 0 Å². The highest BCUT2D eigenvalue weighted by Crippen LogP contribution is 2.34. The number of hydrogen-bond acceptors (Lipinski definition) is 5. The molecular weight excluding hydrogens is 395 g/mol. The van der Waals surface area contributed by atoms with Gasteiger partial charge in [0.1, 0.15) is 0 Å². The van der Waals surface area contributed by atoms with E-state index in [0.717, 1.165) is 5.56 Å². The zero-order chi connectivity index (χ0) is 18.7. The molecule has 0 unspecified atom stereocenters. The van der Waals surface area contributed by atoms with Crippen LogP contribution in [0.2, 0.25) is 10.0 Å². The Labute approximate surface area is 166 Å². The van der Waals surface area contributed by atoms with Crippen molar-refractivity contribution in [1.82, 2.24) is 4.90 Å². The summed E-state index contributed by atoms with van der Waals surface area (Å²) in [5.74, 6) is -0.484. The molecule has 138 valence electrons.